The number of hydrogen-bond acceptors (Lipinski definition) is 2. The monoisotopic (exact) mass is 376 g/mol. The molecule has 1 saturated carbocycles. The minimum atomic E-state index is -0.155. The van der Waals surface area contributed by atoms with Crippen LogP contribution >= 0.6 is 0 Å². The Morgan fingerprint density at radius 2 is 1.43 bits per heavy atom. The molecular weight excluding hydrogens is 344 g/mol. The molecule has 2 heteroatoms. The quantitative estimate of drug-likeness (QED) is 0.617. The van der Waals surface area contributed by atoms with E-state index < -0.39 is 0 Å². The van der Waals surface area contributed by atoms with Crippen LogP contribution in [-0.4, -0.2) is 11.6 Å². The highest BCUT2D eigenvalue weighted by molar-refractivity contribution is 5.91. The zero-order chi connectivity index (χ0) is 20.3. The summed E-state index contributed by atoms with van der Waals surface area (Å²) in [4.78, 5) is 26.8. The molecule has 148 valence electrons. The van der Waals surface area contributed by atoms with Crippen molar-refractivity contribution in [1.82, 2.24) is 0 Å². The first-order valence-electron chi connectivity index (χ1n) is 10.6. The van der Waals surface area contributed by atoms with E-state index in [2.05, 4.69) is 52.0 Å². The molecule has 0 aliphatic heterocycles. The molecular formula is C26H32O2. The van der Waals surface area contributed by atoms with E-state index in [9.17, 15) is 9.59 Å². The number of Topliss-reactive ketones (excluding diaryl/α,β-unsaturated/α-hetero) is 2. The van der Waals surface area contributed by atoms with Crippen molar-refractivity contribution in [2.45, 2.75) is 52.4 Å². The van der Waals surface area contributed by atoms with E-state index in [1.165, 1.54) is 0 Å². The van der Waals surface area contributed by atoms with Crippen LogP contribution < -0.4 is 0 Å². The van der Waals surface area contributed by atoms with E-state index >= 15 is 0 Å². The van der Waals surface area contributed by atoms with Crippen molar-refractivity contribution in [3.05, 3.63) is 71.8 Å². The van der Waals surface area contributed by atoms with Crippen molar-refractivity contribution >= 4 is 11.6 Å². The lowest BCUT2D eigenvalue weighted by atomic mass is 9.58. The molecule has 4 unspecified atom stereocenters. The SMILES string of the molecule is CC(C)CC(=O)C1C(c2ccccc2)CC(=O)C(C(C)C)C1c1ccccc1. The summed E-state index contributed by atoms with van der Waals surface area (Å²) < 4.78 is 0. The van der Waals surface area contributed by atoms with Gasteiger partial charge in [0.2, 0.25) is 0 Å². The largest absolute Gasteiger partial charge is 0.299 e. The fraction of sp³-hybridized carbons (Fsp3) is 0.462. The number of rotatable bonds is 6. The highest BCUT2D eigenvalue weighted by Crippen LogP contribution is 2.50. The third-order valence-electron chi connectivity index (χ3n) is 6.11. The van der Waals surface area contributed by atoms with E-state index in [0.29, 0.717) is 30.3 Å². The standard InChI is InChI=1S/C26H32O2/c1-17(2)15-22(27)26-21(19-11-7-5-8-12-19)16-23(28)24(18(3)4)25(26)20-13-9-6-10-14-20/h5-14,17-18,21,24-26H,15-16H2,1-4H3. The molecule has 0 amide bonds. The highest BCUT2D eigenvalue weighted by Gasteiger charge is 2.48. The van der Waals surface area contributed by atoms with Gasteiger partial charge in [0.25, 0.3) is 0 Å². The lowest BCUT2D eigenvalue weighted by Gasteiger charge is -2.44. The minimum absolute atomic E-state index is 0.0415. The van der Waals surface area contributed by atoms with Crippen molar-refractivity contribution in [3.63, 3.8) is 0 Å². The minimum Gasteiger partial charge on any atom is -0.299 e. The first-order valence-corrected chi connectivity index (χ1v) is 10.6. The second kappa shape index (κ2) is 8.86. The topological polar surface area (TPSA) is 34.1 Å². The van der Waals surface area contributed by atoms with Crippen molar-refractivity contribution in [2.75, 3.05) is 0 Å². The van der Waals surface area contributed by atoms with Gasteiger partial charge in [-0.05, 0) is 23.0 Å². The summed E-state index contributed by atoms with van der Waals surface area (Å²) in [5.74, 6) is 0.765. The van der Waals surface area contributed by atoms with Crippen LogP contribution in [0.25, 0.3) is 0 Å². The van der Waals surface area contributed by atoms with Gasteiger partial charge in [0.1, 0.15) is 11.6 Å². The van der Waals surface area contributed by atoms with Crippen LogP contribution in [0.1, 0.15) is 63.5 Å². The van der Waals surface area contributed by atoms with Crippen LogP contribution in [0, 0.1) is 23.7 Å². The fourth-order valence-electron chi connectivity index (χ4n) is 5.02. The summed E-state index contributed by atoms with van der Waals surface area (Å²) in [5.41, 5.74) is 2.23. The average molecular weight is 377 g/mol. The summed E-state index contributed by atoms with van der Waals surface area (Å²) in [6.07, 6.45) is 1.03. The third-order valence-corrected chi connectivity index (χ3v) is 6.11. The maximum atomic E-state index is 13.5. The van der Waals surface area contributed by atoms with Gasteiger partial charge in [0.05, 0.1) is 0 Å². The summed E-state index contributed by atoms with van der Waals surface area (Å²) >= 11 is 0. The second-order valence-electron chi connectivity index (χ2n) is 8.98. The molecule has 0 spiro atoms. The molecule has 3 rings (SSSR count). The zero-order valence-electron chi connectivity index (χ0n) is 17.5. The van der Waals surface area contributed by atoms with Crippen molar-refractivity contribution < 1.29 is 9.59 Å². The maximum Gasteiger partial charge on any atom is 0.137 e. The van der Waals surface area contributed by atoms with Gasteiger partial charge in [-0.25, -0.2) is 0 Å². The number of carbonyl (C=O) groups excluding carboxylic acids is 2. The van der Waals surface area contributed by atoms with E-state index in [4.69, 9.17) is 0 Å². The van der Waals surface area contributed by atoms with Gasteiger partial charge in [-0.2, -0.15) is 0 Å². The van der Waals surface area contributed by atoms with Crippen LogP contribution in [0.15, 0.2) is 60.7 Å². The third kappa shape index (κ3) is 4.27. The lowest BCUT2D eigenvalue weighted by molar-refractivity contribution is -0.134. The molecule has 0 N–H and O–H groups in total. The van der Waals surface area contributed by atoms with Gasteiger partial charge in [0, 0.05) is 36.5 Å². The van der Waals surface area contributed by atoms with Gasteiger partial charge >= 0.3 is 0 Å². The predicted octanol–water partition coefficient (Wildman–Crippen LogP) is 6.03. The van der Waals surface area contributed by atoms with Crippen LogP contribution in [0.2, 0.25) is 0 Å². The Kier molecular flexibility index (Phi) is 6.49. The molecule has 1 aliphatic rings. The highest BCUT2D eigenvalue weighted by atomic mass is 16.1. The van der Waals surface area contributed by atoms with E-state index in [1.54, 1.807) is 0 Å². The lowest BCUT2D eigenvalue weighted by Crippen LogP contribution is -2.44. The van der Waals surface area contributed by atoms with Gasteiger partial charge in [-0.1, -0.05) is 88.4 Å². The average Bonchev–Trinajstić information content (AvgIpc) is 2.67. The van der Waals surface area contributed by atoms with E-state index in [1.807, 2.05) is 36.4 Å². The number of carbonyl (C=O) groups is 2. The number of benzene rings is 2. The Morgan fingerprint density at radius 1 is 0.893 bits per heavy atom. The Bertz CT molecular complexity index is 792. The molecule has 4 atom stereocenters. The molecule has 1 fully saturated rings. The zero-order valence-corrected chi connectivity index (χ0v) is 17.5. The van der Waals surface area contributed by atoms with E-state index in [0.717, 1.165) is 11.1 Å². The molecule has 0 radical (unpaired) electrons. The Hall–Kier alpha value is -2.22. The van der Waals surface area contributed by atoms with Gasteiger partial charge in [-0.3, -0.25) is 9.59 Å². The molecule has 2 aromatic rings. The molecule has 0 aromatic heterocycles. The molecule has 0 bridgehead atoms. The summed E-state index contributed by atoms with van der Waals surface area (Å²) in [6, 6.07) is 20.4. The first-order chi connectivity index (χ1) is 13.4. The smallest absolute Gasteiger partial charge is 0.137 e. The van der Waals surface area contributed by atoms with Crippen molar-refractivity contribution in [2.24, 2.45) is 23.7 Å². The normalized spacial score (nSPS) is 25.3. The Balaban J connectivity index is 2.14. The van der Waals surface area contributed by atoms with Gasteiger partial charge in [0.15, 0.2) is 0 Å². The maximum absolute atomic E-state index is 13.5. The number of ketones is 2. The van der Waals surface area contributed by atoms with Gasteiger partial charge < -0.3 is 0 Å². The molecule has 2 aromatic carbocycles. The summed E-state index contributed by atoms with van der Waals surface area (Å²) in [7, 11) is 0. The van der Waals surface area contributed by atoms with Crippen molar-refractivity contribution in [1.29, 1.82) is 0 Å². The number of hydrogen-bond donors (Lipinski definition) is 0. The van der Waals surface area contributed by atoms with Gasteiger partial charge in [-0.15, -0.1) is 0 Å². The molecule has 2 nitrogen and oxygen atoms in total. The molecule has 1 aliphatic carbocycles. The van der Waals surface area contributed by atoms with Crippen LogP contribution in [0.4, 0.5) is 0 Å². The van der Waals surface area contributed by atoms with Crippen LogP contribution in [0.3, 0.4) is 0 Å². The summed E-state index contributed by atoms with van der Waals surface area (Å²) in [6.45, 7) is 8.43. The molecule has 0 saturated heterocycles. The van der Waals surface area contributed by atoms with E-state index in [-0.39, 0.29) is 29.6 Å². The fourth-order valence-corrected chi connectivity index (χ4v) is 5.02. The molecule has 28 heavy (non-hydrogen) atoms. The second-order valence-corrected chi connectivity index (χ2v) is 8.98. The molecule has 0 heterocycles. The first kappa shape index (κ1) is 20.5. The Morgan fingerprint density at radius 3 is 1.93 bits per heavy atom. The van der Waals surface area contributed by atoms with Crippen LogP contribution in [-0.2, 0) is 9.59 Å². The predicted molar refractivity (Wildman–Crippen MR) is 114 cm³/mol. The summed E-state index contributed by atoms with van der Waals surface area (Å²) in [5, 5.41) is 0. The Labute approximate surface area is 169 Å². The van der Waals surface area contributed by atoms with Crippen LogP contribution in [0.5, 0.6) is 0 Å². The van der Waals surface area contributed by atoms with Crippen molar-refractivity contribution in [3.8, 4) is 0 Å².